The number of methoxy groups -OCH3 is 1. The molecule has 6 heteroatoms. The maximum absolute atomic E-state index is 5.74. The summed E-state index contributed by atoms with van der Waals surface area (Å²) in [5.41, 5.74) is 3.20. The van der Waals surface area contributed by atoms with Crippen LogP contribution in [0.25, 0.3) is 0 Å². The minimum Gasteiger partial charge on any atom is -0.495 e. The Bertz CT molecular complexity index is 926. The van der Waals surface area contributed by atoms with Gasteiger partial charge in [0.25, 0.3) is 0 Å². The quantitative estimate of drug-likeness (QED) is 0.667. The highest BCUT2D eigenvalue weighted by atomic mass is 32.1. The smallest absolute Gasteiger partial charge is 0.174 e. The average molecular weight is 382 g/mol. The Kier molecular flexibility index (Phi) is 4.61. The molecule has 0 amide bonds. The molecule has 1 aliphatic rings. The second kappa shape index (κ2) is 7.05. The predicted octanol–water partition coefficient (Wildman–Crippen LogP) is 4.64. The number of aryl methyl sites for hydroxylation is 1. The van der Waals surface area contributed by atoms with Crippen LogP contribution in [0.2, 0.25) is 0 Å². The monoisotopic (exact) mass is 381 g/mol. The molecular formula is C20H19N3OS2. The normalized spacial score (nSPS) is 19.5. The van der Waals surface area contributed by atoms with Gasteiger partial charge < -0.3 is 15.0 Å². The van der Waals surface area contributed by atoms with Gasteiger partial charge in [0.15, 0.2) is 5.11 Å². The van der Waals surface area contributed by atoms with Gasteiger partial charge in [-0.15, -0.1) is 11.3 Å². The van der Waals surface area contributed by atoms with Gasteiger partial charge in [-0.1, -0.05) is 18.2 Å². The molecule has 26 heavy (non-hydrogen) atoms. The van der Waals surface area contributed by atoms with Crippen LogP contribution in [0.15, 0.2) is 60.1 Å². The van der Waals surface area contributed by atoms with Crippen molar-refractivity contribution in [2.75, 3.05) is 12.0 Å². The molecule has 1 saturated heterocycles. The first-order valence-corrected chi connectivity index (χ1v) is 9.67. The molecule has 0 bridgehead atoms. The Labute approximate surface area is 162 Å². The summed E-state index contributed by atoms with van der Waals surface area (Å²) in [5.74, 6) is 0.803. The molecule has 3 heterocycles. The molecule has 0 spiro atoms. The van der Waals surface area contributed by atoms with E-state index in [1.165, 1.54) is 10.4 Å². The number of hydrogen-bond donors (Lipinski definition) is 1. The van der Waals surface area contributed by atoms with Crippen molar-refractivity contribution >= 4 is 34.4 Å². The summed E-state index contributed by atoms with van der Waals surface area (Å²) in [6.45, 7) is 2.14. The van der Waals surface area contributed by atoms with E-state index in [0.29, 0.717) is 5.11 Å². The number of para-hydroxylation sites is 2. The van der Waals surface area contributed by atoms with E-state index in [-0.39, 0.29) is 12.1 Å². The number of thiophene rings is 1. The van der Waals surface area contributed by atoms with Crippen molar-refractivity contribution in [2.24, 2.45) is 0 Å². The van der Waals surface area contributed by atoms with Crippen LogP contribution in [-0.2, 0) is 0 Å². The minimum atomic E-state index is -0.0223. The van der Waals surface area contributed by atoms with Crippen LogP contribution in [0, 0.1) is 6.92 Å². The van der Waals surface area contributed by atoms with Crippen LogP contribution in [0.1, 0.15) is 28.2 Å². The highest BCUT2D eigenvalue weighted by Crippen LogP contribution is 2.46. The minimum absolute atomic E-state index is 0.0219. The SMILES string of the molecule is COc1ccccc1N1C(=S)N[C@H](c2ccccn2)[C@@H]1c1sccc1C. The second-order valence-electron chi connectivity index (χ2n) is 6.14. The van der Waals surface area contributed by atoms with Crippen molar-refractivity contribution in [1.82, 2.24) is 10.3 Å². The zero-order valence-electron chi connectivity index (χ0n) is 14.5. The van der Waals surface area contributed by atoms with Crippen molar-refractivity contribution in [2.45, 2.75) is 19.0 Å². The number of nitrogens with one attached hydrogen (secondary N) is 1. The first-order chi connectivity index (χ1) is 12.7. The number of pyridine rings is 1. The van der Waals surface area contributed by atoms with Gasteiger partial charge in [-0.2, -0.15) is 0 Å². The largest absolute Gasteiger partial charge is 0.495 e. The molecule has 4 rings (SSSR count). The van der Waals surface area contributed by atoms with Crippen LogP contribution < -0.4 is 15.0 Å². The summed E-state index contributed by atoms with van der Waals surface area (Å²) in [5, 5.41) is 6.29. The highest BCUT2D eigenvalue weighted by Gasteiger charge is 2.42. The first kappa shape index (κ1) is 17.0. The molecular weight excluding hydrogens is 362 g/mol. The van der Waals surface area contributed by atoms with Gasteiger partial charge in [0.2, 0.25) is 0 Å². The van der Waals surface area contributed by atoms with Crippen LogP contribution >= 0.6 is 23.6 Å². The number of hydrogen-bond acceptors (Lipinski definition) is 4. The number of benzene rings is 1. The standard InChI is InChI=1S/C20H19N3OS2/c1-13-10-12-26-19(13)18-17(14-7-5-6-11-21-14)22-20(25)23(18)15-8-3-4-9-16(15)24-2/h3-12,17-18H,1-2H3,(H,22,25)/t17-,18-/m1/s1. The zero-order valence-corrected chi connectivity index (χ0v) is 16.2. The first-order valence-electron chi connectivity index (χ1n) is 8.38. The summed E-state index contributed by atoms with van der Waals surface area (Å²) in [6, 6.07) is 16.1. The topological polar surface area (TPSA) is 37.4 Å². The highest BCUT2D eigenvalue weighted by molar-refractivity contribution is 7.80. The van der Waals surface area contributed by atoms with Gasteiger partial charge in [0, 0.05) is 11.1 Å². The third-order valence-electron chi connectivity index (χ3n) is 4.61. The van der Waals surface area contributed by atoms with E-state index in [1.54, 1.807) is 18.4 Å². The van der Waals surface area contributed by atoms with E-state index in [1.807, 2.05) is 48.7 Å². The molecule has 132 valence electrons. The number of nitrogens with zero attached hydrogens (tertiary/aromatic N) is 2. The van der Waals surface area contributed by atoms with Crippen LogP contribution in [0.3, 0.4) is 0 Å². The van der Waals surface area contributed by atoms with Gasteiger partial charge in [0.1, 0.15) is 5.75 Å². The summed E-state index contributed by atoms with van der Waals surface area (Å²) in [4.78, 5) is 8.02. The Morgan fingerprint density at radius 2 is 1.96 bits per heavy atom. The lowest BCUT2D eigenvalue weighted by Gasteiger charge is -2.28. The van der Waals surface area contributed by atoms with Crippen LogP contribution in [-0.4, -0.2) is 17.2 Å². The molecule has 0 radical (unpaired) electrons. The summed E-state index contributed by atoms with van der Waals surface area (Å²) in [7, 11) is 1.69. The molecule has 0 saturated carbocycles. The molecule has 1 N–H and O–H groups in total. The van der Waals surface area contributed by atoms with E-state index in [0.717, 1.165) is 17.1 Å². The maximum Gasteiger partial charge on any atom is 0.174 e. The lowest BCUT2D eigenvalue weighted by Crippen LogP contribution is -2.29. The van der Waals surface area contributed by atoms with Gasteiger partial charge in [-0.25, -0.2) is 0 Å². The molecule has 1 aliphatic heterocycles. The second-order valence-corrected chi connectivity index (χ2v) is 7.47. The zero-order chi connectivity index (χ0) is 18.1. The van der Waals surface area contributed by atoms with E-state index in [9.17, 15) is 0 Å². The van der Waals surface area contributed by atoms with Crippen LogP contribution in [0.4, 0.5) is 5.69 Å². The van der Waals surface area contributed by atoms with E-state index >= 15 is 0 Å². The number of ether oxygens (including phenoxy) is 1. The molecule has 2 atom stereocenters. The van der Waals surface area contributed by atoms with Gasteiger partial charge >= 0.3 is 0 Å². The molecule has 3 aromatic rings. The Balaban J connectivity index is 1.87. The molecule has 1 fully saturated rings. The third-order valence-corrected chi connectivity index (χ3v) is 6.02. The van der Waals surface area contributed by atoms with Gasteiger partial charge in [-0.3, -0.25) is 4.98 Å². The van der Waals surface area contributed by atoms with Crippen LogP contribution in [0.5, 0.6) is 5.75 Å². The lowest BCUT2D eigenvalue weighted by molar-refractivity contribution is 0.414. The number of rotatable bonds is 4. The average Bonchev–Trinajstić information content (AvgIpc) is 3.25. The Morgan fingerprint density at radius 3 is 2.65 bits per heavy atom. The van der Waals surface area contributed by atoms with Crippen molar-refractivity contribution in [3.05, 3.63) is 76.2 Å². The van der Waals surface area contributed by atoms with Gasteiger partial charge in [-0.05, 0) is 60.4 Å². The van der Waals surface area contributed by atoms with Crippen molar-refractivity contribution in [1.29, 1.82) is 0 Å². The van der Waals surface area contributed by atoms with Crippen molar-refractivity contribution in [3.8, 4) is 5.75 Å². The molecule has 0 unspecified atom stereocenters. The fourth-order valence-corrected chi connectivity index (χ4v) is 4.79. The molecule has 0 aliphatic carbocycles. The summed E-state index contributed by atoms with van der Waals surface area (Å²) >= 11 is 7.49. The maximum atomic E-state index is 5.74. The Hall–Kier alpha value is -2.44. The Morgan fingerprint density at radius 1 is 1.15 bits per heavy atom. The lowest BCUT2D eigenvalue weighted by atomic mass is 10.0. The summed E-state index contributed by atoms with van der Waals surface area (Å²) in [6.07, 6.45) is 1.82. The molecule has 2 aromatic heterocycles. The molecule has 4 nitrogen and oxygen atoms in total. The van der Waals surface area contributed by atoms with Crippen molar-refractivity contribution < 1.29 is 4.74 Å². The fourth-order valence-electron chi connectivity index (χ4n) is 3.40. The van der Waals surface area contributed by atoms with E-state index in [4.69, 9.17) is 17.0 Å². The van der Waals surface area contributed by atoms with E-state index in [2.05, 4.69) is 33.6 Å². The van der Waals surface area contributed by atoms with Gasteiger partial charge in [0.05, 0.1) is 30.6 Å². The third kappa shape index (κ3) is 2.85. The van der Waals surface area contributed by atoms with E-state index < -0.39 is 0 Å². The fraction of sp³-hybridized carbons (Fsp3) is 0.200. The molecule has 1 aromatic carbocycles. The number of anilines is 1. The summed E-state index contributed by atoms with van der Waals surface area (Å²) < 4.78 is 5.60. The predicted molar refractivity (Wildman–Crippen MR) is 110 cm³/mol. The number of thiocarbonyl (C=S) groups is 1. The van der Waals surface area contributed by atoms with Crippen molar-refractivity contribution in [3.63, 3.8) is 0 Å². The number of aromatic nitrogens is 1.